The van der Waals surface area contributed by atoms with E-state index in [0.29, 0.717) is 10.8 Å². The van der Waals surface area contributed by atoms with E-state index in [1.165, 1.54) is 25.7 Å². The van der Waals surface area contributed by atoms with Crippen molar-refractivity contribution in [2.45, 2.75) is 92.3 Å². The summed E-state index contributed by atoms with van der Waals surface area (Å²) in [5, 5.41) is 0. The highest BCUT2D eigenvalue weighted by atomic mass is 32.9. The van der Waals surface area contributed by atoms with E-state index in [4.69, 9.17) is 33.1 Å². The average molecular weight is 403 g/mol. The molecule has 4 aliphatic carbocycles. The maximum atomic E-state index is 6.52. The summed E-state index contributed by atoms with van der Waals surface area (Å²) in [4.78, 5) is 0. The number of thiol groups is 1. The number of fused-ring (bicyclic) bond motifs is 4. The second kappa shape index (κ2) is 5.50. The van der Waals surface area contributed by atoms with Crippen LogP contribution >= 0.6 is 17.9 Å². The van der Waals surface area contributed by atoms with E-state index in [2.05, 4.69) is 41.5 Å². The lowest BCUT2D eigenvalue weighted by Crippen LogP contribution is -2.38. The minimum absolute atomic E-state index is 0.212. The molecule has 25 heavy (non-hydrogen) atoms. The average Bonchev–Trinajstić information content (AvgIpc) is 2.98. The maximum Gasteiger partial charge on any atom is 0.244 e. The molecule has 5 heteroatoms. The van der Waals surface area contributed by atoms with Gasteiger partial charge in [0.1, 0.15) is 0 Å². The van der Waals surface area contributed by atoms with Crippen molar-refractivity contribution in [1.29, 1.82) is 0 Å². The molecule has 0 spiro atoms. The van der Waals surface area contributed by atoms with Crippen molar-refractivity contribution < 1.29 is 9.05 Å². The van der Waals surface area contributed by atoms with Crippen molar-refractivity contribution in [3.63, 3.8) is 0 Å². The molecule has 2 nitrogen and oxygen atoms in total. The van der Waals surface area contributed by atoms with Gasteiger partial charge in [0.15, 0.2) is 0 Å². The predicted octanol–water partition coefficient (Wildman–Crippen LogP) is 6.60. The Morgan fingerprint density at radius 1 is 0.800 bits per heavy atom. The van der Waals surface area contributed by atoms with Gasteiger partial charge in [-0.15, -0.1) is 0 Å². The summed E-state index contributed by atoms with van der Waals surface area (Å²) in [6.45, 7) is 14.4. The van der Waals surface area contributed by atoms with E-state index in [1.807, 2.05) is 0 Å². The van der Waals surface area contributed by atoms with Crippen molar-refractivity contribution in [3.05, 3.63) is 0 Å². The first kappa shape index (κ1) is 19.2. The number of hydrogen-bond acceptors (Lipinski definition) is 3. The van der Waals surface area contributed by atoms with Gasteiger partial charge in [0.05, 0.1) is 12.2 Å². The van der Waals surface area contributed by atoms with Crippen molar-refractivity contribution in [2.75, 3.05) is 0 Å². The van der Waals surface area contributed by atoms with Gasteiger partial charge in [0, 0.05) is 0 Å². The van der Waals surface area contributed by atoms with E-state index in [9.17, 15) is 0 Å². The largest absolute Gasteiger partial charge is 0.318 e. The fourth-order valence-corrected chi connectivity index (χ4v) is 9.56. The van der Waals surface area contributed by atoms with Crippen LogP contribution in [0.1, 0.15) is 80.1 Å². The summed E-state index contributed by atoms with van der Waals surface area (Å²) in [5.74, 6) is 1.51. The molecule has 0 saturated heterocycles. The lowest BCUT2D eigenvalue weighted by molar-refractivity contribution is 0.00167. The lowest BCUT2D eigenvalue weighted by atomic mass is 9.70. The van der Waals surface area contributed by atoms with Crippen molar-refractivity contribution >= 4 is 29.7 Å². The van der Waals surface area contributed by atoms with Crippen LogP contribution in [-0.2, 0) is 20.9 Å². The molecule has 0 amide bonds. The van der Waals surface area contributed by atoms with Gasteiger partial charge in [-0.3, -0.25) is 0 Å². The highest BCUT2D eigenvalue weighted by Gasteiger charge is 2.64. The molecule has 0 aromatic carbocycles. The molecule has 4 fully saturated rings. The predicted molar refractivity (Wildman–Crippen MR) is 111 cm³/mol. The van der Waals surface area contributed by atoms with E-state index in [0.717, 1.165) is 24.7 Å². The Hall–Kier alpha value is 0.920. The Morgan fingerprint density at radius 2 is 1.16 bits per heavy atom. The summed E-state index contributed by atoms with van der Waals surface area (Å²) < 4.78 is 13.0. The van der Waals surface area contributed by atoms with Gasteiger partial charge in [0.2, 0.25) is 5.69 Å². The molecule has 4 saturated carbocycles. The number of rotatable bonds is 4. The molecule has 144 valence electrons. The molecule has 0 heterocycles. The minimum Gasteiger partial charge on any atom is -0.318 e. The van der Waals surface area contributed by atoms with Gasteiger partial charge in [-0.25, -0.2) is 0 Å². The molecule has 0 aromatic heterocycles. The van der Waals surface area contributed by atoms with Crippen LogP contribution in [-0.4, -0.2) is 12.2 Å². The summed E-state index contributed by atoms with van der Waals surface area (Å²) in [6, 6.07) is 0. The fraction of sp³-hybridized carbons (Fsp3) is 1.00. The Bertz CT molecular complexity index is 583. The summed E-state index contributed by atoms with van der Waals surface area (Å²) >= 11 is 10.6. The van der Waals surface area contributed by atoms with Crippen LogP contribution in [0.4, 0.5) is 0 Å². The highest BCUT2D eigenvalue weighted by molar-refractivity contribution is 8.60. The first-order chi connectivity index (χ1) is 11.3. The Labute approximate surface area is 164 Å². The third-order valence-electron chi connectivity index (χ3n) is 9.95. The molecule has 4 aliphatic rings. The molecule has 6 atom stereocenters. The van der Waals surface area contributed by atoms with Crippen LogP contribution in [0.5, 0.6) is 0 Å². The second-order valence-electron chi connectivity index (χ2n) is 10.9. The molecule has 0 aromatic rings. The summed E-state index contributed by atoms with van der Waals surface area (Å²) in [6.07, 6.45) is 7.83. The van der Waals surface area contributed by atoms with Gasteiger partial charge in [-0.05, 0) is 83.8 Å². The molecule has 4 rings (SSSR count). The van der Waals surface area contributed by atoms with Crippen molar-refractivity contribution in [3.8, 4) is 0 Å². The lowest BCUT2D eigenvalue weighted by Gasteiger charge is -2.42. The zero-order valence-electron chi connectivity index (χ0n) is 16.7. The monoisotopic (exact) mass is 402 g/mol. The Morgan fingerprint density at radius 3 is 1.40 bits per heavy atom. The Balaban J connectivity index is 1.49. The van der Waals surface area contributed by atoms with Crippen LogP contribution in [0.2, 0.25) is 0 Å². The van der Waals surface area contributed by atoms with Crippen LogP contribution in [0.25, 0.3) is 0 Å². The minimum atomic E-state index is -2.52. The van der Waals surface area contributed by atoms with Gasteiger partial charge >= 0.3 is 0 Å². The SMILES string of the molecule is CC1(C)[C@@H]2CC[C@@]1(C)[C@@H](OP(=S)(S)O[C@H]1C[C@H]3CC[C@]1(C)C3(C)C)C2. The van der Waals surface area contributed by atoms with Crippen LogP contribution < -0.4 is 0 Å². The molecule has 0 N–H and O–H groups in total. The maximum absolute atomic E-state index is 6.52. The highest BCUT2D eigenvalue weighted by Crippen LogP contribution is 2.73. The number of hydrogen-bond donors (Lipinski definition) is 1. The normalized spacial score (nSPS) is 49.9. The summed E-state index contributed by atoms with van der Waals surface area (Å²) in [5.41, 5.74) is -1.42. The van der Waals surface area contributed by atoms with E-state index in [-0.39, 0.29) is 23.0 Å². The van der Waals surface area contributed by atoms with E-state index in [1.54, 1.807) is 0 Å². The topological polar surface area (TPSA) is 18.5 Å². The third-order valence-corrected chi connectivity index (χ3v) is 12.1. The zero-order valence-corrected chi connectivity index (χ0v) is 19.3. The molecular weight excluding hydrogens is 367 g/mol. The van der Waals surface area contributed by atoms with Gasteiger partial charge in [-0.2, -0.15) is 0 Å². The van der Waals surface area contributed by atoms with E-state index >= 15 is 0 Å². The smallest absolute Gasteiger partial charge is 0.244 e. The fourth-order valence-electron chi connectivity index (χ4n) is 6.93. The van der Waals surface area contributed by atoms with Gasteiger partial charge in [-0.1, -0.05) is 53.8 Å². The molecule has 0 radical (unpaired) electrons. The molecular formula is C20H35O2PS2. The van der Waals surface area contributed by atoms with Crippen LogP contribution in [0.3, 0.4) is 0 Å². The first-order valence-electron chi connectivity index (χ1n) is 10.0. The zero-order chi connectivity index (χ0) is 18.5. The van der Waals surface area contributed by atoms with E-state index < -0.39 is 5.69 Å². The first-order valence-corrected chi connectivity index (χ1v) is 13.8. The van der Waals surface area contributed by atoms with Crippen LogP contribution in [0, 0.1) is 33.5 Å². The standard InChI is InChI=1S/C20H35O2PS2/c1-17(2)13-7-9-19(17,5)15(11-13)21-23(24,25)22-16-12-14-8-10-20(16,6)18(14,3)4/h13-16H,7-12H2,1-6H3,(H,24,25)/t13-,14-,15+,16+,19+,20+/m1/s1. The second-order valence-corrected chi connectivity index (χ2v) is 16.1. The van der Waals surface area contributed by atoms with Gasteiger partial charge in [0.25, 0.3) is 0 Å². The molecule has 4 bridgehead atoms. The molecule has 0 unspecified atom stereocenters. The van der Waals surface area contributed by atoms with Gasteiger partial charge < -0.3 is 9.05 Å². The third kappa shape index (κ3) is 2.46. The Kier molecular flexibility index (Phi) is 4.23. The quantitative estimate of drug-likeness (QED) is 0.422. The van der Waals surface area contributed by atoms with Crippen LogP contribution in [0.15, 0.2) is 0 Å². The molecule has 0 aliphatic heterocycles. The van der Waals surface area contributed by atoms with Crippen molar-refractivity contribution in [1.82, 2.24) is 0 Å². The van der Waals surface area contributed by atoms with Crippen molar-refractivity contribution in [2.24, 2.45) is 33.5 Å². The summed E-state index contributed by atoms with van der Waals surface area (Å²) in [7, 11) is 0.